The molecule has 9 atom stereocenters. The van der Waals surface area contributed by atoms with E-state index in [0.29, 0.717) is 3.57 Å². The van der Waals surface area contributed by atoms with Crippen LogP contribution in [0, 0.1) is 3.57 Å². The summed E-state index contributed by atoms with van der Waals surface area (Å²) in [5.74, 6) is -0.289. The van der Waals surface area contributed by atoms with Gasteiger partial charge in [-0.05, 0) is 22.6 Å². The molecular weight excluding hydrogens is 882 g/mol. The van der Waals surface area contributed by atoms with Crippen LogP contribution < -0.4 is 22.7 Å². The summed E-state index contributed by atoms with van der Waals surface area (Å²) in [6.45, 7) is -1.56. The molecule has 0 bridgehead atoms. The van der Waals surface area contributed by atoms with Crippen LogP contribution in [-0.4, -0.2) is 170 Å². The Morgan fingerprint density at radius 1 is 0.849 bits per heavy atom. The fourth-order valence-electron chi connectivity index (χ4n) is 4.44. The predicted octanol–water partition coefficient (Wildman–Crippen LogP) is -13.4. The number of nitrogens with zero attached hydrogens (tertiary/aromatic N) is 5. The SMILES string of the molecule is Nc1nc2c(ncn2[C@@H]2O[C@H](COP(=O)(O)O[C@H]3[C@@H](O)[C@H](n4cc(I)c(N)nc4=O)O[C@@H]3CO)[C@@H](O)[C@H]2O)c(=O)[nH]1.O.O.O.O.O.O.O.O.O.O.O.O. The molecule has 0 aliphatic carbocycles. The van der Waals surface area contributed by atoms with E-state index >= 15 is 0 Å². The molecule has 32 nitrogen and oxygen atoms in total. The average Bonchev–Trinajstić information content (AvgIpc) is 3.54. The molecule has 1 unspecified atom stereocenters. The normalized spacial score (nSPS) is 24.4. The number of aliphatic hydroxyl groups excluding tert-OH is 4. The molecule has 5 heterocycles. The number of imidazole rings is 1. The molecular formula is C19H48IN8O24P. The van der Waals surface area contributed by atoms with E-state index in [2.05, 4.69) is 19.9 Å². The van der Waals surface area contributed by atoms with Crippen LogP contribution in [-0.2, 0) is 23.1 Å². The van der Waals surface area contributed by atoms with Gasteiger partial charge in [-0.2, -0.15) is 9.97 Å². The largest absolute Gasteiger partial charge is 0.472 e. The number of nitrogen functional groups attached to an aromatic ring is 2. The maximum absolute atomic E-state index is 12.8. The number of phosphoric acid groups is 1. The number of phosphoric ester groups is 1. The van der Waals surface area contributed by atoms with Gasteiger partial charge in [0.05, 0.1) is 23.1 Å². The maximum atomic E-state index is 12.8. The summed E-state index contributed by atoms with van der Waals surface area (Å²) in [4.78, 5) is 48.4. The van der Waals surface area contributed by atoms with Crippen LogP contribution in [0.15, 0.2) is 22.1 Å². The molecule has 2 aliphatic rings. The number of halogens is 1. The Morgan fingerprint density at radius 3 is 1.92 bits per heavy atom. The second-order valence-corrected chi connectivity index (χ2v) is 11.6. The van der Waals surface area contributed by atoms with Crippen LogP contribution in [0.2, 0.25) is 0 Å². The van der Waals surface area contributed by atoms with Crippen molar-refractivity contribution in [1.82, 2.24) is 29.1 Å². The first-order valence-corrected chi connectivity index (χ1v) is 14.3. The molecule has 0 spiro atoms. The van der Waals surface area contributed by atoms with Crippen molar-refractivity contribution < 1.29 is 114 Å². The number of aromatic amines is 1. The molecule has 3 aromatic heterocycles. The summed E-state index contributed by atoms with van der Waals surface area (Å²) in [6, 6.07) is 0. The van der Waals surface area contributed by atoms with Crippen molar-refractivity contribution in [3.8, 4) is 0 Å². The van der Waals surface area contributed by atoms with E-state index < -0.39 is 81.4 Å². The van der Waals surface area contributed by atoms with Crippen LogP contribution >= 0.6 is 30.4 Å². The number of aromatic nitrogens is 6. The first-order valence-electron chi connectivity index (χ1n) is 11.7. The van der Waals surface area contributed by atoms with Gasteiger partial charge in [-0.15, -0.1) is 0 Å². The Hall–Kier alpha value is -3.05. The molecule has 2 fully saturated rings. The highest BCUT2D eigenvalue weighted by Crippen LogP contribution is 2.49. The smallest absolute Gasteiger partial charge is 0.412 e. The molecule has 320 valence electrons. The number of aliphatic hydroxyl groups is 4. The predicted molar refractivity (Wildman–Crippen MR) is 185 cm³/mol. The standard InChI is InChI=1S/C19H24IN8O12P.12H2O/c20-5-1-27(19(34)24-13(5)21)17-11(32)12(6(2-29)38-17)40-41(35,36)37-3-7-9(30)10(31)16(39-7)28-4-23-8-14(28)25-18(22)26-15(8)33;;;;;;;;;;;;/h1,4,6-7,9-12,16-17,29-32H,2-3H2,(H,35,36)(H2,21,24,34)(H3,22,25,26,33);12*1H2/t6-,7-,9-,10-,11-,12-,16-,17-;;;;;;;;;;;;/m1............/s1. The molecule has 2 aliphatic heterocycles. The van der Waals surface area contributed by atoms with Crippen molar-refractivity contribution in [3.05, 3.63) is 36.9 Å². The number of ether oxygens (including phenoxy) is 2. The van der Waals surface area contributed by atoms with Crippen LogP contribution in [0.4, 0.5) is 11.8 Å². The van der Waals surface area contributed by atoms with Crippen molar-refractivity contribution >= 4 is 53.3 Å². The van der Waals surface area contributed by atoms with Crippen LogP contribution in [0.1, 0.15) is 12.5 Å². The van der Waals surface area contributed by atoms with Gasteiger partial charge in [0, 0.05) is 6.20 Å². The number of anilines is 2. The number of H-pyrrole nitrogens is 1. The Morgan fingerprint density at radius 2 is 1.38 bits per heavy atom. The first kappa shape index (κ1) is 68.0. The summed E-state index contributed by atoms with van der Waals surface area (Å²) < 4.78 is 36.3. The first-order chi connectivity index (χ1) is 19.3. The highest BCUT2D eigenvalue weighted by atomic mass is 127. The maximum Gasteiger partial charge on any atom is 0.472 e. The second-order valence-electron chi connectivity index (χ2n) is 9.06. The summed E-state index contributed by atoms with van der Waals surface area (Å²) in [7, 11) is -5.05. The lowest BCUT2D eigenvalue weighted by atomic mass is 10.1. The molecule has 0 saturated carbocycles. The third-order valence-electron chi connectivity index (χ3n) is 6.42. The summed E-state index contributed by atoms with van der Waals surface area (Å²) in [5, 5.41) is 41.5. The Labute approximate surface area is 307 Å². The zero-order valence-electron chi connectivity index (χ0n) is 26.5. The van der Waals surface area contributed by atoms with Gasteiger partial charge in [-0.1, -0.05) is 0 Å². The van der Waals surface area contributed by atoms with E-state index in [1.54, 1.807) is 22.6 Å². The quantitative estimate of drug-likeness (QED) is 0.0768. The third-order valence-corrected chi connectivity index (χ3v) is 8.23. The van der Waals surface area contributed by atoms with Crippen molar-refractivity contribution in [2.45, 2.75) is 49.1 Å². The number of hydrogen-bond donors (Lipinski definition) is 8. The van der Waals surface area contributed by atoms with Crippen LogP contribution in [0.5, 0.6) is 0 Å². The van der Waals surface area contributed by atoms with E-state index in [1.165, 1.54) is 6.20 Å². The highest BCUT2D eigenvalue weighted by Gasteiger charge is 2.50. The lowest BCUT2D eigenvalue weighted by molar-refractivity contribution is -0.0595. The Bertz CT molecular complexity index is 1630. The van der Waals surface area contributed by atoms with E-state index in [4.69, 9.17) is 30.0 Å². The number of fused-ring (bicyclic) bond motifs is 1. The highest BCUT2D eigenvalue weighted by molar-refractivity contribution is 14.1. The van der Waals surface area contributed by atoms with Crippen molar-refractivity contribution in [1.29, 1.82) is 0 Å². The minimum Gasteiger partial charge on any atom is -0.412 e. The molecule has 34 N–H and O–H groups in total. The van der Waals surface area contributed by atoms with Crippen molar-refractivity contribution in [2.75, 3.05) is 24.7 Å². The summed E-state index contributed by atoms with van der Waals surface area (Å²) >= 11 is 1.80. The van der Waals surface area contributed by atoms with Crippen LogP contribution in [0.3, 0.4) is 0 Å². The minimum absolute atomic E-state index is 0. The summed E-state index contributed by atoms with van der Waals surface area (Å²) in [5.41, 5.74) is 9.48. The van der Waals surface area contributed by atoms with Gasteiger partial charge >= 0.3 is 13.5 Å². The van der Waals surface area contributed by atoms with E-state index in [1.807, 2.05) is 0 Å². The molecule has 3 aromatic rings. The monoisotopic (exact) mass is 930 g/mol. The number of hydrogen-bond acceptors (Lipinski definition) is 16. The zero-order chi connectivity index (χ0) is 29.8. The second kappa shape index (κ2) is 25.9. The van der Waals surface area contributed by atoms with Gasteiger partial charge in [-0.25, -0.2) is 14.3 Å². The molecule has 0 amide bonds. The van der Waals surface area contributed by atoms with Gasteiger partial charge in [-0.3, -0.25) is 28.0 Å². The number of nitrogens with one attached hydrogen (secondary N) is 1. The average molecular weight is 931 g/mol. The minimum atomic E-state index is -5.05. The Kier molecular flexibility index (Phi) is 33.2. The zero-order valence-corrected chi connectivity index (χ0v) is 29.5. The topological polar surface area (TPSA) is 684 Å². The molecule has 0 aromatic carbocycles. The van der Waals surface area contributed by atoms with E-state index in [0.717, 1.165) is 15.5 Å². The fourth-order valence-corrected chi connectivity index (χ4v) is 5.83. The lowest BCUT2D eigenvalue weighted by Crippen LogP contribution is -2.38. The van der Waals surface area contributed by atoms with Crippen LogP contribution in [0.25, 0.3) is 11.2 Å². The van der Waals surface area contributed by atoms with E-state index in [9.17, 15) is 39.5 Å². The van der Waals surface area contributed by atoms with Gasteiger partial charge in [0.25, 0.3) is 5.56 Å². The Balaban J connectivity index is -0.000000281. The number of rotatable bonds is 8. The van der Waals surface area contributed by atoms with Crippen molar-refractivity contribution in [2.24, 2.45) is 0 Å². The molecule has 2 saturated heterocycles. The molecule has 53 heavy (non-hydrogen) atoms. The van der Waals surface area contributed by atoms with Gasteiger partial charge < -0.3 is 112 Å². The molecule has 34 heteroatoms. The third kappa shape index (κ3) is 13.0. The van der Waals surface area contributed by atoms with Crippen molar-refractivity contribution in [3.63, 3.8) is 0 Å². The van der Waals surface area contributed by atoms with Gasteiger partial charge in [0.15, 0.2) is 23.6 Å². The van der Waals surface area contributed by atoms with Gasteiger partial charge in [0.2, 0.25) is 5.95 Å². The fraction of sp³-hybridized carbons (Fsp3) is 0.526. The molecule has 0 radical (unpaired) electrons. The van der Waals surface area contributed by atoms with E-state index in [-0.39, 0.29) is 88.6 Å². The summed E-state index contributed by atoms with van der Waals surface area (Å²) in [6.07, 6.45) is -9.81. The van der Waals surface area contributed by atoms with Gasteiger partial charge in [0.1, 0.15) is 42.4 Å². The molecule has 5 rings (SSSR count). The lowest BCUT2D eigenvalue weighted by Gasteiger charge is -2.23. The number of nitrogens with two attached hydrogens (primary N) is 2.